The molecule has 9 heteroatoms. The van der Waals surface area contributed by atoms with Gasteiger partial charge >= 0.3 is 6.03 Å². The van der Waals surface area contributed by atoms with Crippen LogP contribution in [0, 0.1) is 13.8 Å². The number of rotatable bonds is 7. The van der Waals surface area contributed by atoms with Crippen molar-refractivity contribution < 1.29 is 9.59 Å². The Balaban J connectivity index is 1.83. The van der Waals surface area contributed by atoms with Crippen molar-refractivity contribution in [1.29, 1.82) is 0 Å². The van der Waals surface area contributed by atoms with Crippen LogP contribution in [-0.2, 0) is 6.54 Å². The number of carbonyl (C=O) groups excluding carboxylic acids is 2. The summed E-state index contributed by atoms with van der Waals surface area (Å²) < 4.78 is 1.81. The van der Waals surface area contributed by atoms with E-state index < -0.39 is 0 Å². The molecule has 0 aliphatic rings. The topological polar surface area (TPSA) is 101 Å². The fourth-order valence-corrected chi connectivity index (χ4v) is 2.62. The summed E-state index contributed by atoms with van der Waals surface area (Å²) in [6.45, 7) is 7.22. The van der Waals surface area contributed by atoms with E-state index in [-0.39, 0.29) is 11.9 Å². The highest BCUT2D eigenvalue weighted by Crippen LogP contribution is 2.20. The van der Waals surface area contributed by atoms with Crippen molar-refractivity contribution in [2.24, 2.45) is 0 Å². The second kappa shape index (κ2) is 9.19. The van der Waals surface area contributed by atoms with Gasteiger partial charge in [-0.25, -0.2) is 9.78 Å². The number of halogens is 1. The minimum Gasteiger partial charge on any atom is -0.352 e. The Bertz CT molecular complexity index is 790. The molecule has 2 aromatic rings. The van der Waals surface area contributed by atoms with E-state index >= 15 is 0 Å². The van der Waals surface area contributed by atoms with Gasteiger partial charge in [0.05, 0.1) is 10.6 Å². The molecule has 0 spiro atoms. The molecule has 0 aliphatic heterocycles. The lowest BCUT2D eigenvalue weighted by atomic mass is 10.2. The first-order chi connectivity index (χ1) is 12.4. The third kappa shape index (κ3) is 5.45. The molecule has 0 saturated heterocycles. The van der Waals surface area contributed by atoms with E-state index in [1.54, 1.807) is 18.2 Å². The van der Waals surface area contributed by atoms with Gasteiger partial charge in [0, 0.05) is 25.3 Å². The number of nitrogens with zero attached hydrogens (tertiary/aromatic N) is 3. The second-order valence-corrected chi connectivity index (χ2v) is 6.13. The third-order valence-electron chi connectivity index (χ3n) is 3.60. The molecule has 140 valence electrons. The van der Waals surface area contributed by atoms with E-state index in [4.69, 9.17) is 11.6 Å². The summed E-state index contributed by atoms with van der Waals surface area (Å²) in [6.07, 6.45) is 0.724. The fourth-order valence-electron chi connectivity index (χ4n) is 2.41. The van der Waals surface area contributed by atoms with Gasteiger partial charge in [0.2, 0.25) is 0 Å². The van der Waals surface area contributed by atoms with Crippen LogP contribution in [0.15, 0.2) is 18.2 Å². The molecule has 1 aromatic carbocycles. The molecular formula is C17H23ClN6O2. The molecule has 0 saturated carbocycles. The van der Waals surface area contributed by atoms with Crippen LogP contribution in [0.1, 0.15) is 35.4 Å². The van der Waals surface area contributed by atoms with Gasteiger partial charge in [0.15, 0.2) is 0 Å². The van der Waals surface area contributed by atoms with Gasteiger partial charge in [-0.1, -0.05) is 11.6 Å². The van der Waals surface area contributed by atoms with Crippen molar-refractivity contribution >= 4 is 29.2 Å². The normalized spacial score (nSPS) is 10.5. The summed E-state index contributed by atoms with van der Waals surface area (Å²) in [5.74, 6) is 1.31. The predicted molar refractivity (Wildman–Crippen MR) is 101 cm³/mol. The average Bonchev–Trinajstić information content (AvgIpc) is 2.91. The number of urea groups is 1. The number of anilines is 1. The first-order valence-corrected chi connectivity index (χ1v) is 8.79. The molecule has 0 radical (unpaired) electrons. The van der Waals surface area contributed by atoms with Crippen LogP contribution in [0.4, 0.5) is 10.5 Å². The summed E-state index contributed by atoms with van der Waals surface area (Å²) in [4.78, 5) is 28.2. The molecule has 0 bridgehead atoms. The summed E-state index contributed by atoms with van der Waals surface area (Å²) in [6, 6.07) is 4.43. The molecule has 0 atom stereocenters. The third-order valence-corrected chi connectivity index (χ3v) is 3.93. The quantitative estimate of drug-likeness (QED) is 0.644. The number of hydrogen-bond acceptors (Lipinski definition) is 4. The Morgan fingerprint density at radius 1 is 1.23 bits per heavy atom. The van der Waals surface area contributed by atoms with Crippen LogP contribution in [0.3, 0.4) is 0 Å². The average molecular weight is 379 g/mol. The second-order valence-electron chi connectivity index (χ2n) is 5.72. The smallest absolute Gasteiger partial charge is 0.319 e. The lowest BCUT2D eigenvalue weighted by molar-refractivity contribution is 0.0956. The fraction of sp³-hybridized carbons (Fsp3) is 0.412. The highest BCUT2D eigenvalue weighted by atomic mass is 35.5. The summed E-state index contributed by atoms with van der Waals surface area (Å²) in [5.41, 5.74) is 0.819. The Hall–Kier alpha value is -2.61. The lowest BCUT2D eigenvalue weighted by Gasteiger charge is -2.10. The molecule has 1 heterocycles. The summed E-state index contributed by atoms with van der Waals surface area (Å²) in [5, 5.41) is 12.8. The first-order valence-electron chi connectivity index (χ1n) is 8.41. The van der Waals surface area contributed by atoms with Crippen LogP contribution in [0.5, 0.6) is 0 Å². The van der Waals surface area contributed by atoms with E-state index in [1.807, 2.05) is 25.5 Å². The van der Waals surface area contributed by atoms with E-state index in [0.29, 0.717) is 35.9 Å². The number of aromatic nitrogens is 3. The number of amides is 3. The van der Waals surface area contributed by atoms with Crippen LogP contribution in [-0.4, -0.2) is 39.8 Å². The Labute approximate surface area is 157 Å². The Morgan fingerprint density at radius 2 is 2.00 bits per heavy atom. The molecule has 1 aromatic heterocycles. The maximum absolute atomic E-state index is 12.0. The molecule has 2 rings (SSSR count). The summed E-state index contributed by atoms with van der Waals surface area (Å²) in [7, 11) is 0. The molecule has 0 fully saturated rings. The van der Waals surface area contributed by atoms with Gasteiger partial charge in [0.25, 0.3) is 5.91 Å². The zero-order valence-corrected chi connectivity index (χ0v) is 15.9. The highest BCUT2D eigenvalue weighted by molar-refractivity contribution is 6.34. The molecule has 8 nitrogen and oxygen atoms in total. The van der Waals surface area contributed by atoms with Crippen molar-refractivity contribution in [2.45, 2.75) is 33.7 Å². The molecular weight excluding hydrogens is 356 g/mol. The zero-order valence-electron chi connectivity index (χ0n) is 15.1. The standard InChI is InChI=1S/C17H23ClN6O2/c1-4-19-16(25)14-10-13(6-7-15(14)18)22-17(26)20-8-5-9-24-12(3)21-11(2)23-24/h6-7,10H,4-5,8-9H2,1-3H3,(H,19,25)(H2,20,22,26). The van der Waals surface area contributed by atoms with Crippen LogP contribution >= 0.6 is 11.6 Å². The van der Waals surface area contributed by atoms with Crippen LogP contribution < -0.4 is 16.0 Å². The molecule has 0 aliphatic carbocycles. The molecule has 26 heavy (non-hydrogen) atoms. The van der Waals surface area contributed by atoms with Crippen LogP contribution in [0.25, 0.3) is 0 Å². The van der Waals surface area contributed by atoms with Crippen molar-refractivity contribution in [3.8, 4) is 0 Å². The number of hydrogen-bond donors (Lipinski definition) is 3. The van der Waals surface area contributed by atoms with Crippen molar-refractivity contribution in [3.05, 3.63) is 40.4 Å². The summed E-state index contributed by atoms with van der Waals surface area (Å²) >= 11 is 6.04. The first kappa shape index (κ1) is 19.7. The van der Waals surface area contributed by atoms with E-state index in [1.165, 1.54) is 0 Å². The molecule has 3 N–H and O–H groups in total. The van der Waals surface area contributed by atoms with Gasteiger partial charge in [-0.2, -0.15) is 5.10 Å². The van der Waals surface area contributed by atoms with E-state index in [0.717, 1.165) is 18.1 Å². The van der Waals surface area contributed by atoms with Gasteiger partial charge in [-0.15, -0.1) is 0 Å². The van der Waals surface area contributed by atoms with Gasteiger partial charge in [-0.05, 0) is 45.4 Å². The van der Waals surface area contributed by atoms with Crippen molar-refractivity contribution in [3.63, 3.8) is 0 Å². The predicted octanol–water partition coefficient (Wildman–Crippen LogP) is 2.51. The Morgan fingerprint density at radius 3 is 2.65 bits per heavy atom. The number of carbonyl (C=O) groups is 2. The highest BCUT2D eigenvalue weighted by Gasteiger charge is 2.11. The number of nitrogens with one attached hydrogen (secondary N) is 3. The minimum atomic E-state index is -0.347. The zero-order chi connectivity index (χ0) is 19.1. The molecule has 3 amide bonds. The SMILES string of the molecule is CCNC(=O)c1cc(NC(=O)NCCCn2nc(C)nc2C)ccc1Cl. The maximum Gasteiger partial charge on any atom is 0.319 e. The van der Waals surface area contributed by atoms with Gasteiger partial charge in [0.1, 0.15) is 11.6 Å². The number of aryl methyl sites for hydroxylation is 3. The van der Waals surface area contributed by atoms with E-state index in [2.05, 4.69) is 26.0 Å². The largest absolute Gasteiger partial charge is 0.352 e. The van der Waals surface area contributed by atoms with Crippen molar-refractivity contribution in [1.82, 2.24) is 25.4 Å². The van der Waals surface area contributed by atoms with Crippen molar-refractivity contribution in [2.75, 3.05) is 18.4 Å². The van der Waals surface area contributed by atoms with Gasteiger partial charge in [-0.3, -0.25) is 9.48 Å². The lowest BCUT2D eigenvalue weighted by Crippen LogP contribution is -2.30. The van der Waals surface area contributed by atoms with E-state index in [9.17, 15) is 9.59 Å². The van der Waals surface area contributed by atoms with Gasteiger partial charge < -0.3 is 16.0 Å². The van der Waals surface area contributed by atoms with Crippen LogP contribution in [0.2, 0.25) is 5.02 Å². The minimum absolute atomic E-state index is 0.278. The maximum atomic E-state index is 12.0. The molecule has 0 unspecified atom stereocenters. The monoisotopic (exact) mass is 378 g/mol. The number of benzene rings is 1. The Kier molecular flexibility index (Phi) is 6.97.